The van der Waals surface area contributed by atoms with Crippen molar-refractivity contribution < 1.29 is 19.1 Å². The van der Waals surface area contributed by atoms with Gasteiger partial charge in [0.2, 0.25) is 17.7 Å². The second kappa shape index (κ2) is 9.33. The lowest BCUT2D eigenvalue weighted by Crippen LogP contribution is -2.58. The molecule has 0 radical (unpaired) electrons. The van der Waals surface area contributed by atoms with Crippen molar-refractivity contribution in [1.82, 2.24) is 10.2 Å². The van der Waals surface area contributed by atoms with Crippen molar-refractivity contribution in [1.29, 1.82) is 0 Å². The maximum atomic E-state index is 13.8. The van der Waals surface area contributed by atoms with Gasteiger partial charge in [-0.2, -0.15) is 0 Å². The third-order valence-electron chi connectivity index (χ3n) is 8.70. The molecule has 0 aromatic heterocycles. The topological polar surface area (TPSA) is 87.7 Å². The number of hydrogen-bond donors (Lipinski definition) is 2. The molecule has 1 aromatic rings. The van der Waals surface area contributed by atoms with E-state index in [1.807, 2.05) is 50.3 Å². The third kappa shape index (κ3) is 3.96. The van der Waals surface area contributed by atoms with E-state index in [4.69, 9.17) is 4.74 Å². The summed E-state index contributed by atoms with van der Waals surface area (Å²) in [6.07, 6.45) is 7.54. The maximum Gasteiger partial charge on any atom is 0.246 e. The molecule has 3 aliphatic heterocycles. The van der Waals surface area contributed by atoms with Gasteiger partial charge in [0.15, 0.2) is 0 Å². The molecule has 3 amide bonds. The maximum absolute atomic E-state index is 13.8. The average Bonchev–Trinajstić information content (AvgIpc) is 3.48. The Morgan fingerprint density at radius 3 is 2.39 bits per heavy atom. The van der Waals surface area contributed by atoms with Gasteiger partial charge in [0.1, 0.15) is 11.6 Å². The molecular formula is C29H39N3O4. The molecule has 5 rings (SSSR count). The first-order valence-corrected chi connectivity index (χ1v) is 13.5. The Morgan fingerprint density at radius 1 is 1.06 bits per heavy atom. The number of anilines is 1. The van der Waals surface area contributed by atoms with Crippen molar-refractivity contribution in [2.24, 2.45) is 17.8 Å². The minimum absolute atomic E-state index is 0.0984. The number of amides is 3. The SMILES string of the molecule is CC(C)c1ccc(NC(=O)[C@@H]2[C@@H]3C=C[C@]4(O3)[C@@H]2C(=O)N(C(C)C)[C@H]4C(=O)N[C@H]2CCCC[C@H]2C)cc1. The number of hydrogen-bond acceptors (Lipinski definition) is 4. The summed E-state index contributed by atoms with van der Waals surface area (Å²) in [6.45, 7) is 10.3. The summed E-state index contributed by atoms with van der Waals surface area (Å²) in [5.41, 5.74) is 0.770. The number of fused-ring (bicyclic) bond motifs is 1. The first-order valence-electron chi connectivity index (χ1n) is 13.5. The van der Waals surface area contributed by atoms with Crippen LogP contribution >= 0.6 is 0 Å². The van der Waals surface area contributed by atoms with E-state index in [2.05, 4.69) is 31.4 Å². The number of likely N-dealkylation sites (tertiary alicyclic amines) is 1. The standard InChI is InChI=1S/C29H39N3O4/c1-16(2)19-10-12-20(13-11-19)30-26(33)23-22-14-15-29(36-22)24(23)28(35)32(17(3)4)25(29)27(34)31-21-9-7-6-8-18(21)5/h10-18,21-25H,6-9H2,1-5H3,(H,30,33)(H,31,34)/t18-,21+,22+,23-,24+,25+,29+/m1/s1. The Bertz CT molecular complexity index is 1060. The number of carbonyl (C=O) groups is 3. The van der Waals surface area contributed by atoms with Gasteiger partial charge in [0.05, 0.1) is 17.9 Å². The molecule has 1 spiro atoms. The Hall–Kier alpha value is -2.67. The molecule has 7 heteroatoms. The van der Waals surface area contributed by atoms with Crippen molar-refractivity contribution in [3.05, 3.63) is 42.0 Å². The Labute approximate surface area is 214 Å². The van der Waals surface area contributed by atoms with E-state index in [9.17, 15) is 14.4 Å². The van der Waals surface area contributed by atoms with Crippen molar-refractivity contribution in [2.75, 3.05) is 5.32 Å². The monoisotopic (exact) mass is 493 g/mol. The van der Waals surface area contributed by atoms with E-state index in [0.717, 1.165) is 19.3 Å². The van der Waals surface area contributed by atoms with Crippen molar-refractivity contribution in [3.8, 4) is 0 Å². The van der Waals surface area contributed by atoms with Gasteiger partial charge in [-0.05, 0) is 56.2 Å². The van der Waals surface area contributed by atoms with Crippen LogP contribution in [0.3, 0.4) is 0 Å². The van der Waals surface area contributed by atoms with E-state index < -0.39 is 29.6 Å². The minimum Gasteiger partial charge on any atom is -0.359 e. The lowest BCUT2D eigenvalue weighted by atomic mass is 9.74. The quantitative estimate of drug-likeness (QED) is 0.587. The number of nitrogens with one attached hydrogen (secondary N) is 2. The number of carbonyl (C=O) groups excluding carboxylic acids is 3. The molecule has 1 saturated carbocycles. The van der Waals surface area contributed by atoms with Crippen LogP contribution in [-0.2, 0) is 19.1 Å². The van der Waals surface area contributed by atoms with E-state index in [-0.39, 0.29) is 29.8 Å². The van der Waals surface area contributed by atoms with Gasteiger partial charge >= 0.3 is 0 Å². The van der Waals surface area contributed by atoms with Gasteiger partial charge in [0, 0.05) is 17.8 Å². The molecular weight excluding hydrogens is 454 g/mol. The summed E-state index contributed by atoms with van der Waals surface area (Å²) in [6, 6.07) is 6.92. The van der Waals surface area contributed by atoms with Crippen LogP contribution in [0.2, 0.25) is 0 Å². The zero-order valence-corrected chi connectivity index (χ0v) is 22.0. The van der Waals surface area contributed by atoms with E-state index in [0.29, 0.717) is 17.5 Å². The van der Waals surface area contributed by atoms with Crippen LogP contribution in [0.1, 0.15) is 71.8 Å². The van der Waals surface area contributed by atoms with Crippen LogP contribution in [0, 0.1) is 17.8 Å². The van der Waals surface area contributed by atoms with Crippen molar-refractivity contribution >= 4 is 23.4 Å². The minimum atomic E-state index is -1.11. The molecule has 7 atom stereocenters. The molecule has 36 heavy (non-hydrogen) atoms. The number of rotatable bonds is 6. The van der Waals surface area contributed by atoms with Gasteiger partial charge in [-0.25, -0.2) is 0 Å². The number of benzene rings is 1. The normalized spacial score (nSPS) is 35.0. The molecule has 3 fully saturated rings. The largest absolute Gasteiger partial charge is 0.359 e. The lowest BCUT2D eigenvalue weighted by molar-refractivity contribution is -0.143. The zero-order valence-electron chi connectivity index (χ0n) is 22.0. The zero-order chi connectivity index (χ0) is 25.8. The van der Waals surface area contributed by atoms with Crippen molar-refractivity contribution in [2.45, 2.75) is 96.1 Å². The highest BCUT2D eigenvalue weighted by Crippen LogP contribution is 2.55. The molecule has 7 nitrogen and oxygen atoms in total. The second-order valence-corrected chi connectivity index (χ2v) is 11.7. The van der Waals surface area contributed by atoms with Gasteiger partial charge in [0.25, 0.3) is 0 Å². The Kier molecular flexibility index (Phi) is 6.48. The highest BCUT2D eigenvalue weighted by atomic mass is 16.5. The number of ether oxygens (including phenoxy) is 1. The van der Waals surface area contributed by atoms with E-state index >= 15 is 0 Å². The molecule has 1 aromatic carbocycles. The van der Waals surface area contributed by atoms with Crippen LogP contribution < -0.4 is 10.6 Å². The molecule has 194 valence electrons. The first-order chi connectivity index (χ1) is 17.1. The highest BCUT2D eigenvalue weighted by Gasteiger charge is 2.73. The summed E-state index contributed by atoms with van der Waals surface area (Å²) >= 11 is 0. The van der Waals surface area contributed by atoms with Gasteiger partial charge < -0.3 is 20.3 Å². The summed E-state index contributed by atoms with van der Waals surface area (Å²) in [4.78, 5) is 42.8. The fourth-order valence-corrected chi connectivity index (χ4v) is 6.73. The predicted octanol–water partition coefficient (Wildman–Crippen LogP) is 4.00. The van der Waals surface area contributed by atoms with Crippen LogP contribution in [-0.4, -0.2) is 52.5 Å². The molecule has 2 N–H and O–H groups in total. The summed E-state index contributed by atoms with van der Waals surface area (Å²) < 4.78 is 6.41. The molecule has 0 unspecified atom stereocenters. The van der Waals surface area contributed by atoms with Gasteiger partial charge in [-0.3, -0.25) is 14.4 Å². The summed E-state index contributed by atoms with van der Waals surface area (Å²) in [5, 5.41) is 6.26. The second-order valence-electron chi connectivity index (χ2n) is 11.7. The molecule has 4 aliphatic rings. The highest BCUT2D eigenvalue weighted by molar-refractivity contribution is 6.02. The fraction of sp³-hybridized carbons (Fsp3) is 0.621. The van der Waals surface area contributed by atoms with E-state index in [1.54, 1.807) is 4.90 Å². The summed E-state index contributed by atoms with van der Waals surface area (Å²) in [7, 11) is 0. The van der Waals surface area contributed by atoms with Crippen LogP contribution in [0.25, 0.3) is 0 Å². The fourth-order valence-electron chi connectivity index (χ4n) is 6.73. The summed E-state index contributed by atoms with van der Waals surface area (Å²) in [5.74, 6) is -1.19. The Morgan fingerprint density at radius 2 is 1.75 bits per heavy atom. The first kappa shape index (κ1) is 25.0. The van der Waals surface area contributed by atoms with Crippen molar-refractivity contribution in [3.63, 3.8) is 0 Å². The van der Waals surface area contributed by atoms with Gasteiger partial charge in [-0.1, -0.05) is 57.9 Å². The molecule has 1 aliphatic carbocycles. The molecule has 2 saturated heterocycles. The lowest BCUT2D eigenvalue weighted by Gasteiger charge is -2.37. The third-order valence-corrected chi connectivity index (χ3v) is 8.70. The van der Waals surface area contributed by atoms with E-state index in [1.165, 1.54) is 12.0 Å². The molecule has 2 bridgehead atoms. The predicted molar refractivity (Wildman–Crippen MR) is 138 cm³/mol. The number of nitrogens with zero attached hydrogens (tertiary/aromatic N) is 1. The van der Waals surface area contributed by atoms with Crippen LogP contribution in [0.5, 0.6) is 0 Å². The Balaban J connectivity index is 1.40. The van der Waals surface area contributed by atoms with Crippen LogP contribution in [0.15, 0.2) is 36.4 Å². The van der Waals surface area contributed by atoms with Crippen LogP contribution in [0.4, 0.5) is 5.69 Å². The smallest absolute Gasteiger partial charge is 0.246 e. The molecule has 3 heterocycles. The average molecular weight is 494 g/mol. The van der Waals surface area contributed by atoms with Gasteiger partial charge in [-0.15, -0.1) is 0 Å².